The number of amides is 1. The van der Waals surface area contributed by atoms with Gasteiger partial charge in [-0.25, -0.2) is 0 Å². The van der Waals surface area contributed by atoms with Crippen LogP contribution in [0.4, 0.5) is 11.4 Å². The van der Waals surface area contributed by atoms with Crippen molar-refractivity contribution in [2.75, 3.05) is 11.9 Å². The van der Waals surface area contributed by atoms with Crippen molar-refractivity contribution in [1.82, 2.24) is 0 Å². The summed E-state index contributed by atoms with van der Waals surface area (Å²) in [5.41, 5.74) is -0.0570. The predicted molar refractivity (Wildman–Crippen MR) is 71.5 cm³/mol. The molecule has 108 valence electrons. The van der Waals surface area contributed by atoms with Crippen LogP contribution in [-0.4, -0.2) is 28.6 Å². The minimum absolute atomic E-state index is 0.116. The predicted octanol–water partition coefficient (Wildman–Crippen LogP) is 2.05. The molecule has 0 aliphatic carbocycles. The molecule has 0 radical (unpaired) electrons. The van der Waals surface area contributed by atoms with Crippen LogP contribution in [0.2, 0.25) is 0 Å². The number of benzene rings is 1. The van der Waals surface area contributed by atoms with Gasteiger partial charge in [0.15, 0.2) is 0 Å². The molecule has 0 spiro atoms. The van der Waals surface area contributed by atoms with Crippen molar-refractivity contribution in [2.45, 2.75) is 25.9 Å². The summed E-state index contributed by atoms with van der Waals surface area (Å²) in [5, 5.41) is 22.9. The Hall–Kier alpha value is -2.15. The van der Waals surface area contributed by atoms with Gasteiger partial charge in [-0.3, -0.25) is 14.9 Å². The van der Waals surface area contributed by atoms with Crippen molar-refractivity contribution in [1.29, 1.82) is 0 Å². The van der Waals surface area contributed by atoms with Gasteiger partial charge in [0, 0.05) is 12.7 Å². The molecule has 1 aromatic rings. The molecule has 2 N–H and O–H groups in total. The highest BCUT2D eigenvalue weighted by Crippen LogP contribution is 2.30. The molecule has 2 unspecified atom stereocenters. The van der Waals surface area contributed by atoms with Gasteiger partial charge < -0.3 is 15.2 Å². The summed E-state index contributed by atoms with van der Waals surface area (Å²) >= 11 is 0. The lowest BCUT2D eigenvalue weighted by Gasteiger charge is -2.16. The van der Waals surface area contributed by atoms with Crippen molar-refractivity contribution < 1.29 is 19.6 Å². The number of rotatable bonds is 4. The van der Waals surface area contributed by atoms with Crippen LogP contribution < -0.4 is 5.32 Å². The highest BCUT2D eigenvalue weighted by Gasteiger charge is 2.33. The molecule has 1 aromatic carbocycles. The quantitative estimate of drug-likeness (QED) is 0.499. The zero-order chi connectivity index (χ0) is 14.7. The van der Waals surface area contributed by atoms with E-state index in [9.17, 15) is 20.0 Å². The van der Waals surface area contributed by atoms with Gasteiger partial charge in [-0.1, -0.05) is 6.92 Å². The van der Waals surface area contributed by atoms with Crippen LogP contribution >= 0.6 is 0 Å². The molecule has 20 heavy (non-hydrogen) atoms. The first-order chi connectivity index (χ1) is 9.52. The molecule has 2 rings (SSSR count). The molecule has 0 saturated carbocycles. The van der Waals surface area contributed by atoms with Crippen molar-refractivity contribution >= 4 is 17.3 Å². The van der Waals surface area contributed by atoms with E-state index in [1.165, 1.54) is 12.1 Å². The molecular formula is C13H16N2O5. The summed E-state index contributed by atoms with van der Waals surface area (Å²) in [6.07, 6.45) is 1.26. The Bertz CT molecular complexity index is 531. The number of aromatic hydroxyl groups is 1. The molecule has 2 atom stereocenters. The topological polar surface area (TPSA) is 102 Å². The van der Waals surface area contributed by atoms with Gasteiger partial charge >= 0.3 is 0 Å². The van der Waals surface area contributed by atoms with E-state index in [1.807, 2.05) is 6.92 Å². The third kappa shape index (κ3) is 2.88. The Morgan fingerprint density at radius 2 is 2.35 bits per heavy atom. The number of nitrogens with one attached hydrogen (secondary N) is 1. The zero-order valence-electron chi connectivity index (χ0n) is 11.0. The average molecular weight is 280 g/mol. The van der Waals surface area contributed by atoms with E-state index in [0.29, 0.717) is 13.0 Å². The second-order valence-corrected chi connectivity index (χ2v) is 4.66. The molecule has 1 aliphatic heterocycles. The Labute approximate surface area is 115 Å². The standard InChI is InChI=1S/C13H16N2O5/c1-2-12-9(5-6-20-12)13(17)14-10-4-3-8(15(18)19)7-11(10)16/h3-4,7,9,12,16H,2,5-6H2,1H3,(H,14,17). The normalized spacial score (nSPS) is 21.6. The number of phenols is 1. The summed E-state index contributed by atoms with van der Waals surface area (Å²) in [4.78, 5) is 22.1. The van der Waals surface area contributed by atoms with E-state index in [2.05, 4.69) is 5.32 Å². The maximum absolute atomic E-state index is 12.1. The van der Waals surface area contributed by atoms with Crippen molar-refractivity contribution in [2.24, 2.45) is 5.92 Å². The second-order valence-electron chi connectivity index (χ2n) is 4.66. The monoisotopic (exact) mass is 280 g/mol. The van der Waals surface area contributed by atoms with Crippen molar-refractivity contribution in [3.63, 3.8) is 0 Å². The Morgan fingerprint density at radius 3 is 2.95 bits per heavy atom. The molecule has 1 aliphatic rings. The fraction of sp³-hybridized carbons (Fsp3) is 0.462. The van der Waals surface area contributed by atoms with Crippen molar-refractivity contribution in [3.05, 3.63) is 28.3 Å². The van der Waals surface area contributed by atoms with Crippen LogP contribution in [0.3, 0.4) is 0 Å². The van der Waals surface area contributed by atoms with Crippen LogP contribution in [0, 0.1) is 16.0 Å². The van der Waals surface area contributed by atoms with Crippen molar-refractivity contribution in [3.8, 4) is 5.75 Å². The number of non-ortho nitro benzene ring substituents is 1. The molecule has 1 amide bonds. The summed E-state index contributed by atoms with van der Waals surface area (Å²) in [5.74, 6) is -0.812. The SMILES string of the molecule is CCC1OCCC1C(=O)Nc1ccc([N+](=O)[O-])cc1O. The van der Waals surface area contributed by atoms with Crippen LogP contribution in [0.1, 0.15) is 19.8 Å². The van der Waals surface area contributed by atoms with Gasteiger partial charge in [0.25, 0.3) is 5.69 Å². The Balaban J connectivity index is 2.10. The highest BCUT2D eigenvalue weighted by molar-refractivity contribution is 5.94. The third-order valence-corrected chi connectivity index (χ3v) is 3.40. The van der Waals surface area contributed by atoms with Gasteiger partial charge in [-0.05, 0) is 18.9 Å². The lowest BCUT2D eigenvalue weighted by atomic mass is 9.98. The van der Waals surface area contributed by atoms with Gasteiger partial charge in [0.1, 0.15) is 5.75 Å². The molecule has 0 aromatic heterocycles. The molecule has 1 heterocycles. The van der Waals surface area contributed by atoms with E-state index < -0.39 is 4.92 Å². The molecule has 1 fully saturated rings. The van der Waals surface area contributed by atoms with Gasteiger partial charge in [0.05, 0.1) is 28.7 Å². The third-order valence-electron chi connectivity index (χ3n) is 3.40. The highest BCUT2D eigenvalue weighted by atomic mass is 16.6. The minimum atomic E-state index is -0.608. The lowest BCUT2D eigenvalue weighted by Crippen LogP contribution is -2.29. The Kier molecular flexibility index (Phi) is 4.19. The smallest absolute Gasteiger partial charge is 0.273 e. The summed E-state index contributed by atoms with van der Waals surface area (Å²) in [6, 6.07) is 3.57. The Morgan fingerprint density at radius 1 is 1.60 bits per heavy atom. The number of hydrogen-bond acceptors (Lipinski definition) is 5. The summed E-state index contributed by atoms with van der Waals surface area (Å²) in [6.45, 7) is 2.49. The number of carbonyl (C=O) groups excluding carboxylic acids is 1. The van der Waals surface area contributed by atoms with Crippen LogP contribution in [0.25, 0.3) is 0 Å². The number of nitrogens with zero attached hydrogens (tertiary/aromatic N) is 1. The molecule has 7 heteroatoms. The van der Waals surface area contributed by atoms with E-state index in [0.717, 1.165) is 12.5 Å². The molecular weight excluding hydrogens is 264 g/mol. The van der Waals surface area contributed by atoms with Crippen LogP contribution in [0.15, 0.2) is 18.2 Å². The molecule has 7 nitrogen and oxygen atoms in total. The lowest BCUT2D eigenvalue weighted by molar-refractivity contribution is -0.384. The number of nitro benzene ring substituents is 1. The fourth-order valence-corrected chi connectivity index (χ4v) is 2.32. The van der Waals surface area contributed by atoms with Crippen LogP contribution in [0.5, 0.6) is 5.75 Å². The minimum Gasteiger partial charge on any atom is -0.506 e. The maximum Gasteiger partial charge on any atom is 0.273 e. The van der Waals surface area contributed by atoms with Gasteiger partial charge in [-0.15, -0.1) is 0 Å². The number of anilines is 1. The van der Waals surface area contributed by atoms with Gasteiger partial charge in [0.2, 0.25) is 5.91 Å². The average Bonchev–Trinajstić information content (AvgIpc) is 2.89. The summed E-state index contributed by atoms with van der Waals surface area (Å²) < 4.78 is 5.44. The van der Waals surface area contributed by atoms with Crippen LogP contribution in [-0.2, 0) is 9.53 Å². The van der Waals surface area contributed by atoms with Gasteiger partial charge in [-0.2, -0.15) is 0 Å². The number of carbonyl (C=O) groups is 1. The maximum atomic E-state index is 12.1. The van der Waals surface area contributed by atoms with E-state index in [-0.39, 0.29) is 35.1 Å². The largest absolute Gasteiger partial charge is 0.506 e. The first kappa shape index (κ1) is 14.3. The number of nitro groups is 1. The molecule has 1 saturated heterocycles. The number of ether oxygens (including phenoxy) is 1. The first-order valence-corrected chi connectivity index (χ1v) is 6.42. The number of phenolic OH excluding ortho intramolecular Hbond substituents is 1. The van der Waals surface area contributed by atoms with E-state index >= 15 is 0 Å². The number of hydrogen-bond donors (Lipinski definition) is 2. The van der Waals surface area contributed by atoms with E-state index in [1.54, 1.807) is 0 Å². The summed E-state index contributed by atoms with van der Waals surface area (Å²) in [7, 11) is 0. The fourth-order valence-electron chi connectivity index (χ4n) is 2.32. The first-order valence-electron chi connectivity index (χ1n) is 6.42. The van der Waals surface area contributed by atoms with E-state index in [4.69, 9.17) is 4.74 Å². The second kappa shape index (κ2) is 5.87. The molecule has 0 bridgehead atoms. The zero-order valence-corrected chi connectivity index (χ0v) is 11.0.